The molecule has 3 rings (SSSR count). The smallest absolute Gasteiger partial charge is 0.272 e. The highest BCUT2D eigenvalue weighted by Crippen LogP contribution is 2.26. The Kier molecular flexibility index (Phi) is 3.08. The Hall–Kier alpha value is -2.46. The second-order valence-electron chi connectivity index (χ2n) is 4.78. The van der Waals surface area contributed by atoms with E-state index < -0.39 is 0 Å². The van der Waals surface area contributed by atoms with E-state index in [4.69, 9.17) is 5.73 Å². The lowest BCUT2D eigenvalue weighted by molar-refractivity contribution is 0.900. The molecule has 0 aliphatic carbocycles. The monoisotopic (exact) mass is 265 g/mol. The van der Waals surface area contributed by atoms with E-state index in [1.165, 1.54) is 5.56 Å². The van der Waals surface area contributed by atoms with Crippen molar-refractivity contribution in [3.8, 4) is 11.1 Å². The molecule has 0 unspecified atom stereocenters. The van der Waals surface area contributed by atoms with Crippen LogP contribution in [0.2, 0.25) is 0 Å². The molecule has 100 valence electrons. The Labute approximate surface area is 116 Å². The molecule has 0 aliphatic rings. The second-order valence-corrected chi connectivity index (χ2v) is 4.78. The van der Waals surface area contributed by atoms with E-state index in [0.29, 0.717) is 17.6 Å². The summed E-state index contributed by atoms with van der Waals surface area (Å²) in [4.78, 5) is 11.8. The zero-order valence-electron chi connectivity index (χ0n) is 11.2. The number of nitrogens with zero attached hydrogens (tertiary/aromatic N) is 1. The largest absolute Gasteiger partial charge is 0.325 e. The Balaban J connectivity index is 2.30. The van der Waals surface area contributed by atoms with Gasteiger partial charge in [0.25, 0.3) is 5.56 Å². The molecular formula is C16H15N3O. The predicted molar refractivity (Wildman–Crippen MR) is 80.4 cm³/mol. The summed E-state index contributed by atoms with van der Waals surface area (Å²) in [5.74, 6) is 0. The first kappa shape index (κ1) is 12.6. The molecule has 0 aliphatic heterocycles. The van der Waals surface area contributed by atoms with Gasteiger partial charge in [0, 0.05) is 11.9 Å². The maximum atomic E-state index is 11.8. The van der Waals surface area contributed by atoms with Crippen LogP contribution < -0.4 is 11.3 Å². The predicted octanol–water partition coefficient (Wildman–Crippen LogP) is 2.36. The number of hydrogen-bond acceptors (Lipinski definition) is 3. The molecule has 0 atom stereocenters. The molecule has 1 aromatic heterocycles. The number of nitrogens with two attached hydrogens (primary N) is 1. The molecule has 1 heterocycles. The molecule has 3 aromatic rings. The van der Waals surface area contributed by atoms with Crippen molar-refractivity contribution < 1.29 is 0 Å². The molecule has 0 spiro atoms. The maximum absolute atomic E-state index is 11.8. The van der Waals surface area contributed by atoms with Gasteiger partial charge in [-0.1, -0.05) is 30.3 Å². The topological polar surface area (TPSA) is 71.8 Å². The zero-order valence-corrected chi connectivity index (χ0v) is 11.2. The highest BCUT2D eigenvalue weighted by atomic mass is 16.1. The van der Waals surface area contributed by atoms with Gasteiger partial charge < -0.3 is 5.73 Å². The van der Waals surface area contributed by atoms with Gasteiger partial charge in [-0.05, 0) is 35.7 Å². The lowest BCUT2D eigenvalue weighted by atomic mass is 9.98. The minimum Gasteiger partial charge on any atom is -0.325 e. The minimum atomic E-state index is -0.187. The van der Waals surface area contributed by atoms with E-state index in [2.05, 4.69) is 29.3 Å². The number of rotatable bonds is 2. The minimum absolute atomic E-state index is 0.187. The first-order chi connectivity index (χ1) is 9.70. The van der Waals surface area contributed by atoms with Gasteiger partial charge in [-0.15, -0.1) is 0 Å². The summed E-state index contributed by atoms with van der Waals surface area (Å²) in [5.41, 5.74) is 9.63. The lowest BCUT2D eigenvalue weighted by Crippen LogP contribution is -2.13. The van der Waals surface area contributed by atoms with E-state index in [-0.39, 0.29) is 5.56 Å². The third-order valence-electron chi connectivity index (χ3n) is 3.52. The van der Waals surface area contributed by atoms with Crippen LogP contribution in [-0.4, -0.2) is 10.2 Å². The summed E-state index contributed by atoms with van der Waals surface area (Å²) in [7, 11) is 0. The molecule has 20 heavy (non-hydrogen) atoms. The molecule has 0 saturated heterocycles. The number of nitrogens with one attached hydrogen (secondary N) is 1. The van der Waals surface area contributed by atoms with Crippen LogP contribution in [-0.2, 0) is 6.54 Å². The fraction of sp³-hybridized carbons (Fsp3) is 0.125. The van der Waals surface area contributed by atoms with Crippen molar-refractivity contribution in [1.82, 2.24) is 10.2 Å². The fourth-order valence-electron chi connectivity index (χ4n) is 2.44. The molecule has 3 N–H and O–H groups in total. The third-order valence-corrected chi connectivity index (χ3v) is 3.52. The van der Waals surface area contributed by atoms with Gasteiger partial charge in [0.05, 0.1) is 11.1 Å². The van der Waals surface area contributed by atoms with E-state index in [9.17, 15) is 4.79 Å². The first-order valence-corrected chi connectivity index (χ1v) is 6.48. The van der Waals surface area contributed by atoms with Crippen LogP contribution in [0.25, 0.3) is 21.9 Å². The summed E-state index contributed by atoms with van der Waals surface area (Å²) >= 11 is 0. The van der Waals surface area contributed by atoms with Gasteiger partial charge in [0.15, 0.2) is 0 Å². The van der Waals surface area contributed by atoms with E-state index in [1.54, 1.807) is 0 Å². The van der Waals surface area contributed by atoms with Crippen molar-refractivity contribution in [3.05, 3.63) is 64.1 Å². The van der Waals surface area contributed by atoms with Crippen molar-refractivity contribution in [2.45, 2.75) is 13.5 Å². The number of fused-ring (bicyclic) bond motifs is 1. The standard InChI is InChI=1S/C16H15N3O/c1-10-4-2-3-5-12(10)11-6-7-13-14(8-11)15(9-17)18-19-16(13)20/h2-8H,9,17H2,1H3,(H,19,20). The Bertz CT molecular complexity index is 836. The summed E-state index contributed by atoms with van der Waals surface area (Å²) in [5, 5.41) is 7.94. The maximum Gasteiger partial charge on any atom is 0.272 e. The van der Waals surface area contributed by atoms with Crippen molar-refractivity contribution in [1.29, 1.82) is 0 Å². The van der Waals surface area contributed by atoms with Gasteiger partial charge >= 0.3 is 0 Å². The molecule has 0 fully saturated rings. The van der Waals surface area contributed by atoms with Crippen LogP contribution in [0.15, 0.2) is 47.3 Å². The van der Waals surface area contributed by atoms with Crippen molar-refractivity contribution >= 4 is 10.8 Å². The van der Waals surface area contributed by atoms with Gasteiger partial charge in [-0.3, -0.25) is 4.79 Å². The van der Waals surface area contributed by atoms with Crippen molar-refractivity contribution in [2.75, 3.05) is 0 Å². The van der Waals surface area contributed by atoms with Gasteiger partial charge in [0.2, 0.25) is 0 Å². The first-order valence-electron chi connectivity index (χ1n) is 6.48. The number of hydrogen-bond donors (Lipinski definition) is 2. The van der Waals surface area contributed by atoms with Gasteiger partial charge in [0.1, 0.15) is 0 Å². The van der Waals surface area contributed by atoms with E-state index in [1.807, 2.05) is 30.3 Å². The highest BCUT2D eigenvalue weighted by Gasteiger charge is 2.08. The fourth-order valence-corrected chi connectivity index (χ4v) is 2.44. The zero-order chi connectivity index (χ0) is 14.1. The Morgan fingerprint density at radius 2 is 1.95 bits per heavy atom. The van der Waals surface area contributed by atoms with Crippen LogP contribution in [0.1, 0.15) is 11.3 Å². The third kappa shape index (κ3) is 2.00. The number of H-pyrrole nitrogens is 1. The summed E-state index contributed by atoms with van der Waals surface area (Å²) in [6, 6.07) is 13.9. The molecular weight excluding hydrogens is 250 g/mol. The molecule has 0 saturated carbocycles. The van der Waals surface area contributed by atoms with Crippen LogP contribution in [0.5, 0.6) is 0 Å². The van der Waals surface area contributed by atoms with Crippen LogP contribution in [0.3, 0.4) is 0 Å². The molecule has 4 heteroatoms. The summed E-state index contributed by atoms with van der Waals surface area (Å²) < 4.78 is 0. The summed E-state index contributed by atoms with van der Waals surface area (Å²) in [6.45, 7) is 2.37. The molecule has 4 nitrogen and oxygen atoms in total. The van der Waals surface area contributed by atoms with Crippen LogP contribution in [0, 0.1) is 6.92 Å². The van der Waals surface area contributed by atoms with Gasteiger partial charge in [-0.2, -0.15) is 5.10 Å². The average Bonchev–Trinajstić information content (AvgIpc) is 2.48. The number of aromatic nitrogens is 2. The SMILES string of the molecule is Cc1ccccc1-c1ccc2c(=O)[nH]nc(CN)c2c1. The van der Waals surface area contributed by atoms with E-state index in [0.717, 1.165) is 16.5 Å². The molecule has 0 bridgehead atoms. The average molecular weight is 265 g/mol. The number of aryl methyl sites for hydroxylation is 1. The lowest BCUT2D eigenvalue weighted by Gasteiger charge is -2.08. The number of aromatic amines is 1. The summed E-state index contributed by atoms with van der Waals surface area (Å²) in [6.07, 6.45) is 0. The van der Waals surface area contributed by atoms with E-state index >= 15 is 0 Å². The van der Waals surface area contributed by atoms with Gasteiger partial charge in [-0.25, -0.2) is 5.10 Å². The highest BCUT2D eigenvalue weighted by molar-refractivity contribution is 5.88. The normalized spacial score (nSPS) is 10.9. The van der Waals surface area contributed by atoms with Crippen molar-refractivity contribution in [2.24, 2.45) is 5.73 Å². The Morgan fingerprint density at radius 3 is 2.70 bits per heavy atom. The Morgan fingerprint density at radius 1 is 1.15 bits per heavy atom. The van der Waals surface area contributed by atoms with Crippen LogP contribution in [0.4, 0.5) is 0 Å². The molecule has 0 amide bonds. The molecule has 2 aromatic carbocycles. The quantitative estimate of drug-likeness (QED) is 0.747. The van der Waals surface area contributed by atoms with Crippen LogP contribution >= 0.6 is 0 Å². The van der Waals surface area contributed by atoms with Crippen molar-refractivity contribution in [3.63, 3.8) is 0 Å². The number of benzene rings is 2. The second kappa shape index (κ2) is 4.90. The molecule has 0 radical (unpaired) electrons.